The molecule has 7 nitrogen and oxygen atoms in total. The third-order valence-electron chi connectivity index (χ3n) is 1.20. The Morgan fingerprint density at radius 3 is 2.00 bits per heavy atom. The normalized spacial score (nSPS) is 12.7. The van der Waals surface area contributed by atoms with Gasteiger partial charge in [0.05, 0.1) is 7.11 Å². The molecule has 0 unspecified atom stereocenters. The molecule has 0 amide bonds. The molecule has 0 spiro atoms. The van der Waals surface area contributed by atoms with E-state index in [4.69, 9.17) is 5.21 Å². The molecule has 8 heteroatoms. The summed E-state index contributed by atoms with van der Waals surface area (Å²) in [5.41, 5.74) is -0.792. The second-order valence-corrected chi connectivity index (χ2v) is 3.93. The van der Waals surface area contributed by atoms with Gasteiger partial charge in [0.1, 0.15) is 0 Å². The first kappa shape index (κ1) is 12.1. The lowest BCUT2D eigenvalue weighted by Crippen LogP contribution is -2.17. The van der Waals surface area contributed by atoms with Crippen molar-refractivity contribution in [2.75, 3.05) is 21.3 Å². The Kier molecular flexibility index (Phi) is 4.61. The first-order chi connectivity index (χ1) is 6.05. The monoisotopic (exact) mass is 211 g/mol. The Labute approximate surface area is 74.8 Å². The maximum Gasteiger partial charge on any atom is 0.390 e. The van der Waals surface area contributed by atoms with Crippen molar-refractivity contribution < 1.29 is 28.4 Å². The van der Waals surface area contributed by atoms with Gasteiger partial charge in [-0.25, -0.2) is 4.79 Å². The van der Waals surface area contributed by atoms with Crippen LogP contribution in [-0.4, -0.2) is 38.0 Å². The summed E-state index contributed by atoms with van der Waals surface area (Å²) in [5, 5.41) is 10.9. The Balaban J connectivity index is 4.99. The van der Waals surface area contributed by atoms with E-state index in [1.54, 1.807) is 0 Å². The first-order valence-electron chi connectivity index (χ1n) is 3.08. The molecule has 0 aromatic carbocycles. The molecule has 76 valence electrons. The highest BCUT2D eigenvalue weighted by Crippen LogP contribution is 2.48. The predicted octanol–water partition coefficient (Wildman–Crippen LogP) is 0.433. The molecule has 0 rings (SSSR count). The summed E-state index contributed by atoms with van der Waals surface area (Å²) in [6, 6.07) is 0. The van der Waals surface area contributed by atoms with E-state index >= 15 is 0 Å². The molecule has 0 bridgehead atoms. The predicted molar refractivity (Wildman–Crippen MR) is 42.9 cm³/mol. The molecule has 0 radical (unpaired) electrons. The molecular formula is C5H10NO6P. The molecule has 0 aromatic rings. The number of ether oxygens (including phenoxy) is 1. The minimum Gasteiger partial charge on any atom is -0.464 e. The Morgan fingerprint density at radius 1 is 1.31 bits per heavy atom. The number of oxime groups is 1. The Bertz CT molecular complexity index is 254. The van der Waals surface area contributed by atoms with Gasteiger partial charge in [-0.1, -0.05) is 5.16 Å². The van der Waals surface area contributed by atoms with Crippen LogP contribution in [-0.2, 0) is 23.1 Å². The average Bonchev–Trinajstić information content (AvgIpc) is 2.18. The number of esters is 1. The number of hydrogen-bond acceptors (Lipinski definition) is 7. The fraction of sp³-hybridized carbons (Fsp3) is 0.600. The topological polar surface area (TPSA) is 94.4 Å². The Morgan fingerprint density at radius 2 is 1.77 bits per heavy atom. The van der Waals surface area contributed by atoms with Gasteiger partial charge in [0.25, 0.3) is 5.45 Å². The van der Waals surface area contributed by atoms with Crippen molar-refractivity contribution in [1.29, 1.82) is 0 Å². The number of carbonyl (C=O) groups excluding carboxylic acids is 1. The lowest BCUT2D eigenvalue weighted by atomic mass is 10.7. The maximum absolute atomic E-state index is 11.4. The number of rotatable bonds is 4. The van der Waals surface area contributed by atoms with Crippen LogP contribution in [0.2, 0.25) is 0 Å². The number of hydrogen-bond donors (Lipinski definition) is 1. The number of nitrogens with zero attached hydrogens (tertiary/aromatic N) is 1. The molecule has 0 saturated heterocycles. The fourth-order valence-electron chi connectivity index (χ4n) is 0.546. The maximum atomic E-state index is 11.4. The smallest absolute Gasteiger partial charge is 0.390 e. The molecule has 1 N–H and O–H groups in total. The van der Waals surface area contributed by atoms with Crippen LogP contribution < -0.4 is 0 Å². The van der Waals surface area contributed by atoms with Gasteiger partial charge >= 0.3 is 13.6 Å². The standard InChI is InChI=1S/C5H10NO6P/c1-10-5(7)4(6-8)13(9,11-2)12-3/h8H,1-3H3. The van der Waals surface area contributed by atoms with E-state index in [2.05, 4.69) is 18.9 Å². The summed E-state index contributed by atoms with van der Waals surface area (Å²) in [6.07, 6.45) is 0. The summed E-state index contributed by atoms with van der Waals surface area (Å²) >= 11 is 0. The third kappa shape index (κ3) is 2.51. The van der Waals surface area contributed by atoms with Crippen LogP contribution in [0.4, 0.5) is 0 Å². The van der Waals surface area contributed by atoms with Crippen LogP contribution in [0.1, 0.15) is 0 Å². The van der Waals surface area contributed by atoms with Crippen molar-refractivity contribution in [3.05, 3.63) is 0 Å². The number of carbonyl (C=O) groups is 1. The minimum atomic E-state index is -3.84. The van der Waals surface area contributed by atoms with Crippen molar-refractivity contribution in [1.82, 2.24) is 0 Å². The van der Waals surface area contributed by atoms with Gasteiger partial charge in [-0.3, -0.25) is 4.57 Å². The van der Waals surface area contributed by atoms with Gasteiger partial charge in [0.15, 0.2) is 0 Å². The van der Waals surface area contributed by atoms with Gasteiger partial charge in [-0.05, 0) is 0 Å². The second-order valence-electron chi connectivity index (χ2n) is 1.78. The molecule has 0 atom stereocenters. The highest BCUT2D eigenvalue weighted by Gasteiger charge is 2.37. The van der Waals surface area contributed by atoms with Gasteiger partial charge in [0.2, 0.25) is 0 Å². The molecular weight excluding hydrogens is 201 g/mol. The van der Waals surface area contributed by atoms with Crippen LogP contribution in [0, 0.1) is 0 Å². The zero-order valence-corrected chi connectivity index (χ0v) is 8.28. The van der Waals surface area contributed by atoms with Crippen molar-refractivity contribution in [3.8, 4) is 0 Å². The molecule has 0 aliphatic rings. The van der Waals surface area contributed by atoms with Gasteiger partial charge in [-0.2, -0.15) is 0 Å². The quantitative estimate of drug-likeness (QED) is 0.238. The van der Waals surface area contributed by atoms with Gasteiger partial charge in [-0.15, -0.1) is 0 Å². The van der Waals surface area contributed by atoms with Crippen LogP contribution in [0.5, 0.6) is 0 Å². The van der Waals surface area contributed by atoms with Crippen LogP contribution in [0.25, 0.3) is 0 Å². The molecule has 0 heterocycles. The third-order valence-corrected chi connectivity index (χ3v) is 2.96. The summed E-state index contributed by atoms with van der Waals surface area (Å²) < 4.78 is 24.4. The molecule has 0 aliphatic heterocycles. The highest BCUT2D eigenvalue weighted by atomic mass is 31.2. The average molecular weight is 211 g/mol. The van der Waals surface area contributed by atoms with Crippen LogP contribution >= 0.6 is 7.60 Å². The fourth-order valence-corrected chi connectivity index (χ4v) is 1.47. The minimum absolute atomic E-state index is 0.792. The molecule has 0 fully saturated rings. The largest absolute Gasteiger partial charge is 0.464 e. The first-order valence-corrected chi connectivity index (χ1v) is 4.62. The second kappa shape index (κ2) is 4.96. The Hall–Kier alpha value is -0.910. The van der Waals surface area contributed by atoms with E-state index in [1.165, 1.54) is 0 Å². The van der Waals surface area contributed by atoms with E-state index in [1.807, 2.05) is 0 Å². The molecule has 0 aliphatic carbocycles. The summed E-state index contributed by atoms with van der Waals surface area (Å²) in [4.78, 5) is 10.9. The van der Waals surface area contributed by atoms with Crippen molar-refractivity contribution >= 4 is 19.0 Å². The van der Waals surface area contributed by atoms with Crippen molar-refractivity contribution in [2.24, 2.45) is 5.16 Å². The summed E-state index contributed by atoms with van der Waals surface area (Å²) in [6.45, 7) is 0. The SMILES string of the molecule is COC(=O)C(=NO)P(=O)(OC)OC. The zero-order valence-electron chi connectivity index (χ0n) is 7.38. The summed E-state index contributed by atoms with van der Waals surface area (Å²) in [5.74, 6) is -1.07. The van der Waals surface area contributed by atoms with E-state index in [0.29, 0.717) is 0 Å². The molecule has 13 heavy (non-hydrogen) atoms. The highest BCUT2D eigenvalue weighted by molar-refractivity contribution is 7.75. The van der Waals surface area contributed by atoms with Gasteiger partial charge in [0, 0.05) is 14.2 Å². The van der Waals surface area contributed by atoms with Crippen molar-refractivity contribution in [2.45, 2.75) is 0 Å². The van der Waals surface area contributed by atoms with Crippen LogP contribution in [0.15, 0.2) is 5.16 Å². The molecule has 0 saturated carbocycles. The number of methoxy groups -OCH3 is 1. The van der Waals surface area contributed by atoms with E-state index < -0.39 is 19.0 Å². The van der Waals surface area contributed by atoms with Crippen LogP contribution in [0.3, 0.4) is 0 Å². The summed E-state index contributed by atoms with van der Waals surface area (Å²) in [7, 11) is -0.686. The lowest BCUT2D eigenvalue weighted by Gasteiger charge is -2.12. The van der Waals surface area contributed by atoms with Gasteiger partial charge < -0.3 is 19.0 Å². The van der Waals surface area contributed by atoms with E-state index in [0.717, 1.165) is 21.3 Å². The van der Waals surface area contributed by atoms with E-state index in [-0.39, 0.29) is 0 Å². The van der Waals surface area contributed by atoms with E-state index in [9.17, 15) is 9.36 Å². The van der Waals surface area contributed by atoms with Crippen molar-refractivity contribution in [3.63, 3.8) is 0 Å². The molecule has 0 aromatic heterocycles. The zero-order chi connectivity index (χ0) is 10.5. The lowest BCUT2D eigenvalue weighted by molar-refractivity contribution is -0.132.